The first-order valence-corrected chi connectivity index (χ1v) is 5.09. The number of carbonyl (C=O) groups is 1. The zero-order valence-corrected chi connectivity index (χ0v) is 9.03. The van der Waals surface area contributed by atoms with Crippen molar-refractivity contribution in [2.45, 2.75) is 18.4 Å². The van der Waals surface area contributed by atoms with E-state index in [2.05, 4.69) is 0 Å². The Morgan fingerprint density at radius 3 is 2.40 bits per heavy atom. The molecule has 0 saturated heterocycles. The summed E-state index contributed by atoms with van der Waals surface area (Å²) in [6.07, 6.45) is 2.97. The predicted molar refractivity (Wildman–Crippen MR) is 59.0 cm³/mol. The lowest BCUT2D eigenvalue weighted by Crippen LogP contribution is -2.30. The Morgan fingerprint density at radius 2 is 1.93 bits per heavy atom. The first-order valence-electron chi connectivity index (χ1n) is 4.71. The van der Waals surface area contributed by atoms with Crippen molar-refractivity contribution in [2.24, 2.45) is 0 Å². The Hall–Kier alpha value is -1.12. The van der Waals surface area contributed by atoms with Crippen LogP contribution < -0.4 is 0 Å². The summed E-state index contributed by atoms with van der Waals surface area (Å²) in [4.78, 5) is 11.6. The molecule has 0 heterocycles. The van der Waals surface area contributed by atoms with Crippen LogP contribution in [-0.2, 0) is 4.79 Å². The molecule has 15 heavy (non-hydrogen) atoms. The topological polar surface area (TPSA) is 37.3 Å². The van der Waals surface area contributed by atoms with Gasteiger partial charge in [-0.05, 0) is 36.8 Å². The molecule has 0 aliphatic heterocycles. The van der Waals surface area contributed by atoms with Gasteiger partial charge in [-0.3, -0.25) is 4.79 Å². The molecular formula is C12H11ClO2. The number of carbonyl (C=O) groups excluding carboxylic acids is 1. The molecule has 0 radical (unpaired) electrons. The van der Waals surface area contributed by atoms with Crippen LogP contribution in [-0.4, -0.2) is 16.5 Å². The molecule has 1 N–H and O–H groups in total. The Morgan fingerprint density at radius 1 is 1.33 bits per heavy atom. The highest BCUT2D eigenvalue weighted by atomic mass is 35.5. The van der Waals surface area contributed by atoms with Gasteiger partial charge in [0.05, 0.1) is 11.5 Å². The van der Waals surface area contributed by atoms with E-state index < -0.39 is 11.5 Å². The number of hydrogen-bond donors (Lipinski definition) is 1. The van der Waals surface area contributed by atoms with Gasteiger partial charge in [-0.2, -0.15) is 0 Å². The van der Waals surface area contributed by atoms with E-state index in [4.69, 9.17) is 11.6 Å². The number of hydrogen-bond acceptors (Lipinski definition) is 2. The fourth-order valence-corrected chi connectivity index (χ4v) is 2.01. The largest absolute Gasteiger partial charge is 0.385 e. The normalized spacial score (nSPS) is 29.8. The van der Waals surface area contributed by atoms with Crippen molar-refractivity contribution in [3.8, 4) is 0 Å². The van der Waals surface area contributed by atoms with Crippen LogP contribution in [0.4, 0.5) is 0 Å². The summed E-state index contributed by atoms with van der Waals surface area (Å²) in [6, 6.07) is 6.98. The van der Waals surface area contributed by atoms with E-state index in [0.29, 0.717) is 5.02 Å². The number of halogens is 1. The smallest absolute Gasteiger partial charge is 0.166 e. The van der Waals surface area contributed by atoms with E-state index in [1.54, 1.807) is 31.2 Å². The van der Waals surface area contributed by atoms with Gasteiger partial charge in [0, 0.05) is 5.02 Å². The summed E-state index contributed by atoms with van der Waals surface area (Å²) in [6.45, 7) is 1.63. The molecule has 3 heteroatoms. The second-order valence-corrected chi connectivity index (χ2v) is 4.38. The maximum absolute atomic E-state index is 11.6. The molecule has 0 bridgehead atoms. The molecule has 1 aromatic carbocycles. The first kappa shape index (κ1) is 10.4. The highest BCUT2D eigenvalue weighted by molar-refractivity contribution is 6.30. The average Bonchev–Trinajstić information content (AvgIpc) is 2.43. The van der Waals surface area contributed by atoms with Gasteiger partial charge >= 0.3 is 0 Å². The van der Waals surface area contributed by atoms with Crippen LogP contribution in [0.15, 0.2) is 36.4 Å². The Kier molecular flexibility index (Phi) is 2.41. The number of benzene rings is 1. The molecular weight excluding hydrogens is 212 g/mol. The lowest BCUT2D eigenvalue weighted by molar-refractivity contribution is -0.118. The van der Waals surface area contributed by atoms with Gasteiger partial charge in [0.1, 0.15) is 0 Å². The average molecular weight is 223 g/mol. The van der Waals surface area contributed by atoms with Crippen LogP contribution >= 0.6 is 11.6 Å². The SMILES string of the molecule is CC1(O)C=CC(=O)C1c1ccc(Cl)cc1. The quantitative estimate of drug-likeness (QED) is 0.792. The summed E-state index contributed by atoms with van der Waals surface area (Å²) in [7, 11) is 0. The minimum atomic E-state index is -1.09. The minimum absolute atomic E-state index is 0.0673. The van der Waals surface area contributed by atoms with Gasteiger partial charge in [-0.1, -0.05) is 23.7 Å². The Labute approximate surface area is 93.2 Å². The molecule has 2 atom stereocenters. The van der Waals surface area contributed by atoms with Crippen molar-refractivity contribution in [2.75, 3.05) is 0 Å². The molecule has 2 unspecified atom stereocenters. The van der Waals surface area contributed by atoms with Gasteiger partial charge in [-0.25, -0.2) is 0 Å². The fourth-order valence-electron chi connectivity index (χ4n) is 1.89. The van der Waals surface area contributed by atoms with Crippen molar-refractivity contribution in [3.63, 3.8) is 0 Å². The zero-order chi connectivity index (χ0) is 11.1. The second-order valence-electron chi connectivity index (χ2n) is 3.95. The number of aliphatic hydroxyl groups is 1. The van der Waals surface area contributed by atoms with Crippen LogP contribution in [0.2, 0.25) is 5.02 Å². The second kappa shape index (κ2) is 3.47. The zero-order valence-electron chi connectivity index (χ0n) is 8.27. The van der Waals surface area contributed by atoms with E-state index in [0.717, 1.165) is 5.56 Å². The lowest BCUT2D eigenvalue weighted by atomic mass is 9.85. The molecule has 0 aromatic heterocycles. The summed E-state index contributed by atoms with van der Waals surface area (Å²) >= 11 is 5.76. The highest BCUT2D eigenvalue weighted by Crippen LogP contribution is 2.35. The molecule has 1 aromatic rings. The summed E-state index contributed by atoms with van der Waals surface area (Å²) < 4.78 is 0. The monoisotopic (exact) mass is 222 g/mol. The number of ketones is 1. The first-order chi connectivity index (χ1) is 7.00. The molecule has 78 valence electrons. The van der Waals surface area contributed by atoms with Crippen molar-refractivity contribution >= 4 is 17.4 Å². The van der Waals surface area contributed by atoms with E-state index >= 15 is 0 Å². The van der Waals surface area contributed by atoms with Gasteiger partial charge < -0.3 is 5.11 Å². The molecule has 0 fully saturated rings. The highest BCUT2D eigenvalue weighted by Gasteiger charge is 2.39. The van der Waals surface area contributed by atoms with Crippen LogP contribution in [0.25, 0.3) is 0 Å². The van der Waals surface area contributed by atoms with Crippen LogP contribution in [0.5, 0.6) is 0 Å². The molecule has 0 saturated carbocycles. The van der Waals surface area contributed by atoms with Gasteiger partial charge in [0.2, 0.25) is 0 Å². The standard InChI is InChI=1S/C12H11ClO2/c1-12(15)7-6-10(14)11(12)8-2-4-9(13)5-3-8/h2-7,11,15H,1H3. The van der Waals surface area contributed by atoms with E-state index in [9.17, 15) is 9.90 Å². The molecule has 1 aliphatic carbocycles. The minimum Gasteiger partial charge on any atom is -0.385 e. The molecule has 0 amide bonds. The van der Waals surface area contributed by atoms with Crippen molar-refractivity contribution in [1.29, 1.82) is 0 Å². The molecule has 1 aliphatic rings. The summed E-state index contributed by atoms with van der Waals surface area (Å²) in [5.74, 6) is -0.572. The number of rotatable bonds is 1. The van der Waals surface area contributed by atoms with Crippen molar-refractivity contribution < 1.29 is 9.90 Å². The van der Waals surface area contributed by atoms with E-state index in [-0.39, 0.29) is 5.78 Å². The molecule has 2 rings (SSSR count). The van der Waals surface area contributed by atoms with Crippen LogP contribution in [0, 0.1) is 0 Å². The third-order valence-corrected chi connectivity index (χ3v) is 2.91. The predicted octanol–water partition coefficient (Wildman–Crippen LogP) is 2.31. The van der Waals surface area contributed by atoms with Crippen LogP contribution in [0.3, 0.4) is 0 Å². The maximum atomic E-state index is 11.6. The summed E-state index contributed by atoms with van der Waals surface area (Å²) in [5.41, 5.74) is -0.301. The third-order valence-electron chi connectivity index (χ3n) is 2.66. The summed E-state index contributed by atoms with van der Waals surface area (Å²) in [5, 5.41) is 10.6. The maximum Gasteiger partial charge on any atom is 0.166 e. The van der Waals surface area contributed by atoms with Crippen molar-refractivity contribution in [3.05, 3.63) is 47.0 Å². The lowest BCUT2D eigenvalue weighted by Gasteiger charge is -2.23. The Balaban J connectivity index is 2.39. The molecule has 2 nitrogen and oxygen atoms in total. The van der Waals surface area contributed by atoms with Crippen LogP contribution in [0.1, 0.15) is 18.4 Å². The van der Waals surface area contributed by atoms with Gasteiger partial charge in [0.15, 0.2) is 5.78 Å². The Bertz CT molecular complexity index is 418. The van der Waals surface area contributed by atoms with E-state index in [1.165, 1.54) is 12.2 Å². The van der Waals surface area contributed by atoms with E-state index in [1.807, 2.05) is 0 Å². The van der Waals surface area contributed by atoms with Crippen molar-refractivity contribution in [1.82, 2.24) is 0 Å². The fraction of sp³-hybridized carbons (Fsp3) is 0.250. The third kappa shape index (κ3) is 1.83. The van der Waals surface area contributed by atoms with Gasteiger partial charge in [0.25, 0.3) is 0 Å². The molecule has 0 spiro atoms. The van der Waals surface area contributed by atoms with Gasteiger partial charge in [-0.15, -0.1) is 0 Å². The number of allylic oxidation sites excluding steroid dienone is 1.